The summed E-state index contributed by atoms with van der Waals surface area (Å²) in [7, 11) is 0. The summed E-state index contributed by atoms with van der Waals surface area (Å²) in [6, 6.07) is 0.416. The van der Waals surface area contributed by atoms with Gasteiger partial charge in [0, 0.05) is 19.3 Å². The number of hydrogen-bond acceptors (Lipinski definition) is 3. The number of unbranched alkanes of at least 4 members (excludes halogenated alkanes) is 14. The van der Waals surface area contributed by atoms with E-state index in [-0.39, 0.29) is 0 Å². The van der Waals surface area contributed by atoms with Gasteiger partial charge in [0.25, 0.3) is 0 Å². The quantitative estimate of drug-likeness (QED) is 0.262. The lowest BCUT2D eigenvalue weighted by Gasteiger charge is -2.11. The van der Waals surface area contributed by atoms with Crippen LogP contribution < -0.4 is 5.73 Å². The van der Waals surface area contributed by atoms with E-state index < -0.39 is 0 Å². The Bertz CT molecular complexity index is 202. The molecule has 4 N–H and O–H groups in total. The van der Waals surface area contributed by atoms with Gasteiger partial charge in [-0.2, -0.15) is 0 Å². The van der Waals surface area contributed by atoms with E-state index in [0.29, 0.717) is 19.3 Å². The molecule has 0 heterocycles. The molecule has 3 nitrogen and oxygen atoms in total. The van der Waals surface area contributed by atoms with Crippen molar-refractivity contribution in [1.29, 1.82) is 0 Å². The first-order valence-corrected chi connectivity index (χ1v) is 10.8. The molecule has 0 unspecified atom stereocenters. The number of aliphatic hydroxyl groups excluding tert-OH is 2. The molecule has 0 amide bonds. The van der Waals surface area contributed by atoms with Crippen molar-refractivity contribution in [3.05, 3.63) is 0 Å². The molecule has 3 heteroatoms. The summed E-state index contributed by atoms with van der Waals surface area (Å²) in [4.78, 5) is 0. The van der Waals surface area contributed by atoms with Crippen LogP contribution in [0.3, 0.4) is 0 Å². The maximum atomic E-state index is 8.72. The van der Waals surface area contributed by atoms with Gasteiger partial charge in [-0.1, -0.05) is 89.9 Å². The van der Waals surface area contributed by atoms with Gasteiger partial charge in [0.15, 0.2) is 0 Å². The highest BCUT2D eigenvalue weighted by Crippen LogP contribution is 2.14. The molecule has 0 fully saturated rings. The summed E-state index contributed by atoms with van der Waals surface area (Å²) < 4.78 is 0. The van der Waals surface area contributed by atoms with Gasteiger partial charge < -0.3 is 15.9 Å². The van der Waals surface area contributed by atoms with E-state index in [9.17, 15) is 0 Å². The molecule has 0 spiro atoms. The van der Waals surface area contributed by atoms with Crippen LogP contribution in [0, 0.1) is 0 Å². The molecule has 0 bridgehead atoms. The molecule has 0 aliphatic rings. The molecule has 0 rings (SSSR count). The smallest absolute Gasteiger partial charge is 0.0431 e. The van der Waals surface area contributed by atoms with E-state index in [1.165, 1.54) is 103 Å². The van der Waals surface area contributed by atoms with Crippen LogP contribution in [0.2, 0.25) is 0 Å². The van der Waals surface area contributed by atoms with Crippen molar-refractivity contribution in [2.75, 3.05) is 13.2 Å². The average Bonchev–Trinajstić information content (AvgIpc) is 2.59. The number of aliphatic hydroxyl groups is 2. The Balaban J connectivity index is 3.12. The Hall–Kier alpha value is -0.120. The Morgan fingerprint density at radius 1 is 0.417 bits per heavy atom. The minimum atomic E-state index is 0.350. The first-order chi connectivity index (χ1) is 11.8. The highest BCUT2D eigenvalue weighted by molar-refractivity contribution is 4.62. The van der Waals surface area contributed by atoms with Crippen molar-refractivity contribution in [2.45, 2.75) is 122 Å². The molecule has 0 radical (unpaired) electrons. The van der Waals surface area contributed by atoms with Gasteiger partial charge >= 0.3 is 0 Å². The van der Waals surface area contributed by atoms with E-state index in [2.05, 4.69) is 0 Å². The lowest BCUT2D eigenvalue weighted by Crippen LogP contribution is -2.19. The molecular weight excluding hydrogens is 298 g/mol. The minimum absolute atomic E-state index is 0.350. The summed E-state index contributed by atoms with van der Waals surface area (Å²) in [5.41, 5.74) is 6.22. The fourth-order valence-corrected chi connectivity index (χ4v) is 3.30. The predicted octanol–water partition coefficient (Wildman–Crippen LogP) is 5.32. The van der Waals surface area contributed by atoms with Crippen molar-refractivity contribution in [3.8, 4) is 0 Å². The molecule has 0 aliphatic heterocycles. The molecule has 0 aromatic rings. The third-order valence-corrected chi connectivity index (χ3v) is 4.97. The fraction of sp³-hybridized carbons (Fsp3) is 1.00. The van der Waals surface area contributed by atoms with Crippen molar-refractivity contribution in [2.24, 2.45) is 5.73 Å². The standard InChI is InChI=1S/C21H45NO2/c22-21(17-13-9-5-1-3-7-11-15-19-23)18-14-10-6-2-4-8-12-16-20-24/h21,23-24H,1-20,22H2. The maximum Gasteiger partial charge on any atom is 0.0431 e. The topological polar surface area (TPSA) is 66.5 Å². The van der Waals surface area contributed by atoms with Gasteiger partial charge in [0.1, 0.15) is 0 Å². The molecular formula is C21H45NO2. The highest BCUT2D eigenvalue weighted by atomic mass is 16.3. The first kappa shape index (κ1) is 23.9. The second kappa shape index (κ2) is 20.9. The molecule has 24 heavy (non-hydrogen) atoms. The van der Waals surface area contributed by atoms with Crippen molar-refractivity contribution < 1.29 is 10.2 Å². The van der Waals surface area contributed by atoms with Crippen LogP contribution in [0.4, 0.5) is 0 Å². The van der Waals surface area contributed by atoms with Gasteiger partial charge in [-0.05, 0) is 25.7 Å². The van der Waals surface area contributed by atoms with E-state index in [1.54, 1.807) is 0 Å². The summed E-state index contributed by atoms with van der Waals surface area (Å²) in [5, 5.41) is 17.4. The van der Waals surface area contributed by atoms with E-state index in [1.807, 2.05) is 0 Å². The predicted molar refractivity (Wildman–Crippen MR) is 105 cm³/mol. The lowest BCUT2D eigenvalue weighted by molar-refractivity contribution is 0.282. The largest absolute Gasteiger partial charge is 0.396 e. The molecule has 146 valence electrons. The van der Waals surface area contributed by atoms with Gasteiger partial charge in [0.2, 0.25) is 0 Å². The highest BCUT2D eigenvalue weighted by Gasteiger charge is 2.02. The molecule has 0 atom stereocenters. The van der Waals surface area contributed by atoms with Crippen LogP contribution in [-0.4, -0.2) is 29.5 Å². The first-order valence-electron chi connectivity index (χ1n) is 10.8. The zero-order valence-electron chi connectivity index (χ0n) is 16.2. The van der Waals surface area contributed by atoms with Gasteiger partial charge in [-0.25, -0.2) is 0 Å². The normalized spacial score (nSPS) is 11.5. The number of hydrogen-bond donors (Lipinski definition) is 3. The molecule has 0 aliphatic carbocycles. The maximum absolute atomic E-state index is 8.72. The summed E-state index contributed by atoms with van der Waals surface area (Å²) in [6.45, 7) is 0.699. The Labute approximate surface area is 151 Å². The summed E-state index contributed by atoms with van der Waals surface area (Å²) in [5.74, 6) is 0. The van der Waals surface area contributed by atoms with Crippen LogP contribution in [0.5, 0.6) is 0 Å². The third kappa shape index (κ3) is 19.9. The van der Waals surface area contributed by atoms with Gasteiger partial charge in [-0.15, -0.1) is 0 Å². The van der Waals surface area contributed by atoms with Crippen molar-refractivity contribution in [3.63, 3.8) is 0 Å². The molecule has 0 aromatic carbocycles. The molecule has 0 aromatic heterocycles. The Morgan fingerprint density at radius 3 is 0.958 bits per heavy atom. The Kier molecular flexibility index (Phi) is 20.8. The van der Waals surface area contributed by atoms with E-state index in [4.69, 9.17) is 15.9 Å². The zero-order valence-corrected chi connectivity index (χ0v) is 16.2. The van der Waals surface area contributed by atoms with Crippen LogP contribution in [0.15, 0.2) is 0 Å². The second-order valence-electron chi connectivity index (χ2n) is 7.44. The van der Waals surface area contributed by atoms with Crippen LogP contribution in [0.1, 0.15) is 116 Å². The molecule has 0 saturated carbocycles. The zero-order chi connectivity index (χ0) is 17.7. The summed E-state index contributed by atoms with van der Waals surface area (Å²) in [6.07, 6.45) is 22.6. The van der Waals surface area contributed by atoms with E-state index >= 15 is 0 Å². The fourth-order valence-electron chi connectivity index (χ4n) is 3.30. The third-order valence-electron chi connectivity index (χ3n) is 4.97. The van der Waals surface area contributed by atoms with Crippen LogP contribution in [-0.2, 0) is 0 Å². The summed E-state index contributed by atoms with van der Waals surface area (Å²) >= 11 is 0. The second-order valence-corrected chi connectivity index (χ2v) is 7.44. The lowest BCUT2D eigenvalue weighted by atomic mass is 10.0. The molecule has 0 saturated heterocycles. The number of nitrogens with two attached hydrogens (primary N) is 1. The van der Waals surface area contributed by atoms with E-state index in [0.717, 1.165) is 12.8 Å². The van der Waals surface area contributed by atoms with Gasteiger partial charge in [-0.3, -0.25) is 0 Å². The van der Waals surface area contributed by atoms with Crippen molar-refractivity contribution >= 4 is 0 Å². The van der Waals surface area contributed by atoms with Crippen LogP contribution >= 0.6 is 0 Å². The van der Waals surface area contributed by atoms with Crippen molar-refractivity contribution in [1.82, 2.24) is 0 Å². The SMILES string of the molecule is NC(CCCCCCCCCCO)CCCCCCCCCCO. The number of rotatable bonds is 20. The monoisotopic (exact) mass is 343 g/mol. The van der Waals surface area contributed by atoms with Crippen LogP contribution in [0.25, 0.3) is 0 Å². The minimum Gasteiger partial charge on any atom is -0.396 e. The Morgan fingerprint density at radius 2 is 0.667 bits per heavy atom. The van der Waals surface area contributed by atoms with Gasteiger partial charge in [0.05, 0.1) is 0 Å². The average molecular weight is 344 g/mol.